The van der Waals surface area contributed by atoms with Gasteiger partial charge in [0.15, 0.2) is 21.4 Å². The maximum absolute atomic E-state index is 15.0. The molecule has 1 aliphatic rings. The maximum Gasteiger partial charge on any atom is 0.330 e. The second-order valence-electron chi connectivity index (χ2n) is 8.43. The van der Waals surface area contributed by atoms with Crippen LogP contribution in [0, 0.1) is 5.82 Å². The van der Waals surface area contributed by atoms with Gasteiger partial charge in [-0.15, -0.1) is 0 Å². The number of rotatable bonds is 7. The first kappa shape index (κ1) is 24.4. The lowest BCUT2D eigenvalue weighted by molar-refractivity contribution is -0.144. The van der Waals surface area contributed by atoms with Gasteiger partial charge in [0.2, 0.25) is 0 Å². The smallest absolute Gasteiger partial charge is 0.330 e. The number of carboxylic acids is 1. The van der Waals surface area contributed by atoms with Crippen molar-refractivity contribution in [1.29, 1.82) is 0 Å². The Morgan fingerprint density at radius 2 is 1.71 bits per heavy atom. The fourth-order valence-electron chi connectivity index (χ4n) is 4.37. The van der Waals surface area contributed by atoms with Gasteiger partial charge >= 0.3 is 5.97 Å². The Bertz CT molecular complexity index is 1410. The van der Waals surface area contributed by atoms with Crippen LogP contribution >= 0.6 is 0 Å². The molecule has 0 spiro atoms. The molecule has 0 radical (unpaired) electrons. The molecule has 3 aromatic rings. The van der Waals surface area contributed by atoms with Gasteiger partial charge in [0, 0.05) is 24.0 Å². The highest BCUT2D eigenvalue weighted by Gasteiger charge is 2.45. The summed E-state index contributed by atoms with van der Waals surface area (Å²) in [5, 5.41) is 12.6. The van der Waals surface area contributed by atoms with Crippen LogP contribution in [-0.4, -0.2) is 43.8 Å². The van der Waals surface area contributed by atoms with Crippen molar-refractivity contribution in [2.75, 3.05) is 12.9 Å². The van der Waals surface area contributed by atoms with Crippen LogP contribution in [0.25, 0.3) is 11.1 Å². The van der Waals surface area contributed by atoms with Crippen LogP contribution in [0.2, 0.25) is 0 Å². The van der Waals surface area contributed by atoms with E-state index in [-0.39, 0.29) is 40.4 Å². The van der Waals surface area contributed by atoms with Crippen molar-refractivity contribution in [3.8, 4) is 16.9 Å². The lowest BCUT2D eigenvalue weighted by Gasteiger charge is -2.26. The zero-order chi connectivity index (χ0) is 25.4. The number of hydrogen-bond donors (Lipinski definition) is 2. The number of fused-ring (bicyclic) bond motifs is 1. The van der Waals surface area contributed by atoms with E-state index in [9.17, 15) is 23.1 Å². The first-order valence-corrected chi connectivity index (χ1v) is 12.6. The molecule has 0 heterocycles. The Balaban J connectivity index is 1.74. The topological polar surface area (TPSA) is 110 Å². The fraction of sp³-hybridized carbons (Fsp3) is 0.231. The van der Waals surface area contributed by atoms with Crippen molar-refractivity contribution < 1.29 is 32.2 Å². The molecule has 0 bridgehead atoms. The Kier molecular flexibility index (Phi) is 6.38. The molecule has 4 rings (SSSR count). The van der Waals surface area contributed by atoms with Crippen LogP contribution in [0.4, 0.5) is 4.39 Å². The number of carbonyl (C=O) groups is 2. The predicted octanol–water partition coefficient (Wildman–Crippen LogP) is 3.65. The molecule has 182 valence electrons. The van der Waals surface area contributed by atoms with Gasteiger partial charge in [-0.05, 0) is 41.0 Å². The van der Waals surface area contributed by atoms with E-state index in [1.165, 1.54) is 38.3 Å². The summed E-state index contributed by atoms with van der Waals surface area (Å²) in [6, 6.07) is 15.5. The van der Waals surface area contributed by atoms with E-state index in [0.29, 0.717) is 5.56 Å². The number of methoxy groups -OCH3 is 1. The molecule has 0 saturated heterocycles. The molecule has 1 aliphatic carbocycles. The normalized spacial score (nSPS) is 14.3. The first-order valence-electron chi connectivity index (χ1n) is 10.9. The molecule has 0 unspecified atom stereocenters. The summed E-state index contributed by atoms with van der Waals surface area (Å²) < 4.78 is 44.9. The van der Waals surface area contributed by atoms with E-state index in [2.05, 4.69) is 5.32 Å². The highest BCUT2D eigenvalue weighted by atomic mass is 32.2. The molecule has 0 aliphatic heterocycles. The Labute approximate surface area is 202 Å². The molecular formula is C26H24FNO6S. The number of sulfone groups is 1. The van der Waals surface area contributed by atoms with E-state index in [1.54, 1.807) is 18.2 Å². The zero-order valence-corrected chi connectivity index (χ0v) is 20.0. The van der Waals surface area contributed by atoms with Gasteiger partial charge in [-0.3, -0.25) is 4.79 Å². The maximum atomic E-state index is 15.0. The average molecular weight is 498 g/mol. The highest BCUT2D eigenvalue weighted by molar-refractivity contribution is 7.91. The third-order valence-corrected chi connectivity index (χ3v) is 7.99. The number of carbonyl (C=O) groups excluding carboxylic acids is 1. The molecule has 7 nitrogen and oxygen atoms in total. The van der Waals surface area contributed by atoms with Crippen LogP contribution in [0.1, 0.15) is 28.4 Å². The van der Waals surface area contributed by atoms with Crippen LogP contribution in [-0.2, 0) is 27.5 Å². The largest absolute Gasteiger partial charge is 0.493 e. The van der Waals surface area contributed by atoms with Gasteiger partial charge in [-0.2, -0.15) is 0 Å². The molecule has 0 aromatic heterocycles. The summed E-state index contributed by atoms with van der Waals surface area (Å²) in [5.41, 5.74) is 0.484. The van der Waals surface area contributed by atoms with E-state index >= 15 is 4.39 Å². The second kappa shape index (κ2) is 9.14. The standard InChI is InChI=1S/C26H24FNO6S/c1-3-35(32,33)20-10-6-9-16(11-20)21-12-19(13-22(27)23(21)34-2)24(29)28-26(25(30)31)14-17-7-4-5-8-18(17)15-26/h4-13H,3,14-15H2,1-2H3,(H,28,29)(H,30,31). The summed E-state index contributed by atoms with van der Waals surface area (Å²) in [6.45, 7) is 1.52. The lowest BCUT2D eigenvalue weighted by Crippen LogP contribution is -2.55. The van der Waals surface area contributed by atoms with Crippen LogP contribution in [0.3, 0.4) is 0 Å². The zero-order valence-electron chi connectivity index (χ0n) is 19.2. The number of aliphatic carboxylic acids is 1. The van der Waals surface area contributed by atoms with Crippen LogP contribution in [0.15, 0.2) is 65.6 Å². The Morgan fingerprint density at radius 1 is 1.06 bits per heavy atom. The molecular weight excluding hydrogens is 473 g/mol. The molecule has 0 saturated carbocycles. The van der Waals surface area contributed by atoms with Crippen molar-refractivity contribution in [3.63, 3.8) is 0 Å². The predicted molar refractivity (Wildman–Crippen MR) is 128 cm³/mol. The summed E-state index contributed by atoms with van der Waals surface area (Å²) in [7, 11) is -2.26. The first-order chi connectivity index (χ1) is 16.6. The average Bonchev–Trinajstić information content (AvgIpc) is 3.23. The monoisotopic (exact) mass is 497 g/mol. The minimum Gasteiger partial charge on any atom is -0.493 e. The lowest BCUT2D eigenvalue weighted by atomic mass is 9.94. The van der Waals surface area contributed by atoms with Gasteiger partial charge in [-0.25, -0.2) is 17.6 Å². The van der Waals surface area contributed by atoms with Crippen molar-refractivity contribution >= 4 is 21.7 Å². The van der Waals surface area contributed by atoms with Crippen molar-refractivity contribution in [2.45, 2.75) is 30.2 Å². The van der Waals surface area contributed by atoms with E-state index in [4.69, 9.17) is 4.74 Å². The number of ether oxygens (including phenoxy) is 1. The number of halogens is 1. The molecule has 2 N–H and O–H groups in total. The number of amides is 1. The minimum absolute atomic E-state index is 0.0587. The van der Waals surface area contributed by atoms with Gasteiger partial charge in [0.25, 0.3) is 5.91 Å². The van der Waals surface area contributed by atoms with Crippen LogP contribution in [0.5, 0.6) is 5.75 Å². The number of hydrogen-bond acceptors (Lipinski definition) is 5. The minimum atomic E-state index is -3.52. The third-order valence-electron chi connectivity index (χ3n) is 6.26. The Hall–Kier alpha value is -3.72. The van der Waals surface area contributed by atoms with Crippen molar-refractivity contribution in [1.82, 2.24) is 5.32 Å². The number of nitrogens with one attached hydrogen (secondary N) is 1. The number of benzene rings is 3. The number of carboxylic acid groups (broad SMARTS) is 1. The molecule has 1 amide bonds. The molecule has 9 heteroatoms. The highest BCUT2D eigenvalue weighted by Crippen LogP contribution is 2.36. The van der Waals surface area contributed by atoms with Crippen molar-refractivity contribution in [3.05, 3.63) is 83.2 Å². The van der Waals surface area contributed by atoms with E-state index in [1.807, 2.05) is 12.1 Å². The molecule has 0 fully saturated rings. The van der Waals surface area contributed by atoms with Gasteiger partial charge in [0.1, 0.15) is 5.54 Å². The quantitative estimate of drug-likeness (QED) is 0.516. The summed E-state index contributed by atoms with van der Waals surface area (Å²) in [5.74, 6) is -3.05. The fourth-order valence-corrected chi connectivity index (χ4v) is 5.29. The molecule has 3 aromatic carbocycles. The van der Waals surface area contributed by atoms with Gasteiger partial charge in [-0.1, -0.05) is 43.3 Å². The summed E-state index contributed by atoms with van der Waals surface area (Å²) in [6.07, 6.45) is 0.208. The van der Waals surface area contributed by atoms with Gasteiger partial charge < -0.3 is 15.2 Å². The summed E-state index contributed by atoms with van der Waals surface area (Å²) in [4.78, 5) is 25.5. The van der Waals surface area contributed by atoms with Crippen molar-refractivity contribution in [2.24, 2.45) is 0 Å². The molecule has 0 atom stereocenters. The van der Waals surface area contributed by atoms with E-state index < -0.39 is 33.1 Å². The SMILES string of the molecule is CCS(=O)(=O)c1cccc(-c2cc(C(=O)NC3(C(=O)O)Cc4ccccc4C3)cc(F)c2OC)c1. The van der Waals surface area contributed by atoms with Gasteiger partial charge in [0.05, 0.1) is 17.8 Å². The Morgan fingerprint density at radius 3 is 2.29 bits per heavy atom. The van der Waals surface area contributed by atoms with E-state index in [0.717, 1.165) is 17.2 Å². The summed E-state index contributed by atoms with van der Waals surface area (Å²) >= 11 is 0. The van der Waals surface area contributed by atoms with Crippen LogP contribution < -0.4 is 10.1 Å². The second-order valence-corrected chi connectivity index (χ2v) is 10.7. The third kappa shape index (κ3) is 4.51. The molecule has 35 heavy (non-hydrogen) atoms.